The molecular formula is C20H24I2OS2. The van der Waals surface area contributed by atoms with E-state index in [0.29, 0.717) is 0 Å². The molecule has 0 aliphatic carbocycles. The van der Waals surface area contributed by atoms with Crippen LogP contribution in [0.3, 0.4) is 0 Å². The molecule has 0 saturated carbocycles. The van der Waals surface area contributed by atoms with Crippen LogP contribution in [0.15, 0.2) is 34.1 Å². The largest absolute Gasteiger partial charge is 0.381 e. The third-order valence-electron chi connectivity index (χ3n) is 4.41. The zero-order valence-corrected chi connectivity index (χ0v) is 21.1. The summed E-state index contributed by atoms with van der Waals surface area (Å²) >= 11 is 8.49. The van der Waals surface area contributed by atoms with E-state index in [2.05, 4.69) is 95.8 Å². The third-order valence-corrected chi connectivity index (χ3v) is 8.39. The lowest BCUT2D eigenvalue weighted by atomic mass is 10.1. The van der Waals surface area contributed by atoms with Crippen LogP contribution in [0.25, 0.3) is 0 Å². The minimum atomic E-state index is 0.784. The van der Waals surface area contributed by atoms with Gasteiger partial charge in [0.15, 0.2) is 0 Å². The van der Waals surface area contributed by atoms with Gasteiger partial charge in [0.2, 0.25) is 0 Å². The van der Waals surface area contributed by atoms with Crippen molar-refractivity contribution in [3.63, 3.8) is 0 Å². The molecule has 0 radical (unpaired) electrons. The van der Waals surface area contributed by atoms with Crippen LogP contribution in [0.1, 0.15) is 22.3 Å². The number of hydrogen-bond donors (Lipinski definition) is 0. The molecule has 0 atom stereocenters. The van der Waals surface area contributed by atoms with E-state index in [4.69, 9.17) is 4.74 Å². The summed E-state index contributed by atoms with van der Waals surface area (Å²) in [5.74, 6) is 0. The third kappa shape index (κ3) is 5.77. The molecule has 0 aromatic heterocycles. The van der Waals surface area contributed by atoms with Crippen molar-refractivity contribution in [1.82, 2.24) is 0 Å². The molecule has 0 aliphatic rings. The van der Waals surface area contributed by atoms with Gasteiger partial charge in [0.25, 0.3) is 0 Å². The van der Waals surface area contributed by atoms with Gasteiger partial charge in [-0.25, -0.2) is 0 Å². The van der Waals surface area contributed by atoms with Crippen LogP contribution in [0.5, 0.6) is 0 Å². The van der Waals surface area contributed by atoms with Crippen LogP contribution in [-0.2, 0) is 17.6 Å². The monoisotopic (exact) mass is 598 g/mol. The second kappa shape index (κ2) is 10.8. The fourth-order valence-corrected chi connectivity index (χ4v) is 5.28. The summed E-state index contributed by atoms with van der Waals surface area (Å²) in [5.41, 5.74) is 5.67. The SMILES string of the molecule is CSc1ccc(I)c(C)c1CCOCCc1c(SC)ccc(I)c1C. The predicted molar refractivity (Wildman–Crippen MR) is 130 cm³/mol. The second-order valence-corrected chi connectivity index (χ2v) is 9.84. The van der Waals surface area contributed by atoms with Gasteiger partial charge in [0, 0.05) is 16.9 Å². The molecule has 5 heteroatoms. The second-order valence-electron chi connectivity index (χ2n) is 5.82. The maximum absolute atomic E-state index is 6.01. The molecule has 0 amide bonds. The summed E-state index contributed by atoms with van der Waals surface area (Å²) in [7, 11) is 0. The van der Waals surface area contributed by atoms with Gasteiger partial charge in [-0.3, -0.25) is 0 Å². The van der Waals surface area contributed by atoms with Crippen LogP contribution in [-0.4, -0.2) is 25.7 Å². The first-order valence-corrected chi connectivity index (χ1v) is 12.8. The summed E-state index contributed by atoms with van der Waals surface area (Å²) in [6.07, 6.45) is 6.27. The molecule has 25 heavy (non-hydrogen) atoms. The molecule has 0 saturated heterocycles. The molecule has 2 aromatic rings. The fourth-order valence-electron chi connectivity index (χ4n) is 2.86. The van der Waals surface area contributed by atoms with Gasteiger partial charge in [-0.05, 0) is 131 Å². The minimum absolute atomic E-state index is 0.784. The first kappa shape index (κ1) is 21.9. The van der Waals surface area contributed by atoms with Crippen molar-refractivity contribution in [2.75, 3.05) is 25.7 Å². The Bertz CT molecular complexity index is 671. The first-order valence-electron chi connectivity index (χ1n) is 8.21. The highest BCUT2D eigenvalue weighted by Crippen LogP contribution is 2.28. The number of benzene rings is 2. The quantitative estimate of drug-likeness (QED) is 0.189. The van der Waals surface area contributed by atoms with Crippen LogP contribution in [0, 0.1) is 21.0 Å². The average molecular weight is 598 g/mol. The standard InChI is InChI=1S/C20H24I2OS2/c1-13-15(19(24-3)7-5-17(13)21)9-11-23-12-10-16-14(2)18(22)6-8-20(16)25-4/h5-8H,9-12H2,1-4H3. The van der Waals surface area contributed by atoms with Gasteiger partial charge in [0.1, 0.15) is 0 Å². The predicted octanol–water partition coefficient (Wildman–Crippen LogP) is 6.76. The van der Waals surface area contributed by atoms with Crippen LogP contribution in [0.4, 0.5) is 0 Å². The molecule has 136 valence electrons. The van der Waals surface area contributed by atoms with Crippen molar-refractivity contribution >= 4 is 68.7 Å². The highest BCUT2D eigenvalue weighted by atomic mass is 127. The molecule has 0 heterocycles. The topological polar surface area (TPSA) is 9.23 Å². The van der Waals surface area contributed by atoms with E-state index in [1.807, 2.05) is 23.5 Å². The number of rotatable bonds is 8. The Balaban J connectivity index is 1.93. The number of halogens is 2. The van der Waals surface area contributed by atoms with Crippen molar-refractivity contribution in [2.45, 2.75) is 36.5 Å². The zero-order valence-electron chi connectivity index (χ0n) is 15.1. The number of ether oxygens (including phenoxy) is 1. The Morgan fingerprint density at radius 3 is 1.52 bits per heavy atom. The zero-order chi connectivity index (χ0) is 18.4. The Morgan fingerprint density at radius 1 is 0.760 bits per heavy atom. The molecule has 0 N–H and O–H groups in total. The number of hydrogen-bond acceptors (Lipinski definition) is 3. The first-order chi connectivity index (χ1) is 12.0. The van der Waals surface area contributed by atoms with Crippen LogP contribution >= 0.6 is 68.7 Å². The fraction of sp³-hybridized carbons (Fsp3) is 0.400. The molecule has 0 bridgehead atoms. The molecule has 0 spiro atoms. The summed E-state index contributed by atoms with van der Waals surface area (Å²) in [6.45, 7) is 6.01. The van der Waals surface area contributed by atoms with Crippen molar-refractivity contribution in [2.24, 2.45) is 0 Å². The number of thioether (sulfide) groups is 2. The van der Waals surface area contributed by atoms with E-state index < -0.39 is 0 Å². The molecule has 2 rings (SSSR count). The van der Waals surface area contributed by atoms with E-state index in [-0.39, 0.29) is 0 Å². The Labute approximate surface area is 187 Å². The molecule has 1 nitrogen and oxygen atoms in total. The maximum Gasteiger partial charge on any atom is 0.0507 e. The Kier molecular flexibility index (Phi) is 9.42. The van der Waals surface area contributed by atoms with Crippen molar-refractivity contribution in [1.29, 1.82) is 0 Å². The van der Waals surface area contributed by atoms with Gasteiger partial charge < -0.3 is 4.74 Å². The van der Waals surface area contributed by atoms with E-state index in [9.17, 15) is 0 Å². The minimum Gasteiger partial charge on any atom is -0.381 e. The summed E-state index contributed by atoms with van der Waals surface area (Å²) in [6, 6.07) is 8.87. The van der Waals surface area contributed by atoms with Gasteiger partial charge in [0.05, 0.1) is 13.2 Å². The van der Waals surface area contributed by atoms with E-state index >= 15 is 0 Å². The van der Waals surface area contributed by atoms with Gasteiger partial charge >= 0.3 is 0 Å². The van der Waals surface area contributed by atoms with Crippen LogP contribution in [0.2, 0.25) is 0 Å². The lowest BCUT2D eigenvalue weighted by Crippen LogP contribution is -2.07. The van der Waals surface area contributed by atoms with Crippen molar-refractivity contribution in [3.8, 4) is 0 Å². The van der Waals surface area contributed by atoms with Gasteiger partial charge in [-0.1, -0.05) is 0 Å². The molecule has 0 unspecified atom stereocenters. The van der Waals surface area contributed by atoms with E-state index in [1.165, 1.54) is 39.2 Å². The smallest absolute Gasteiger partial charge is 0.0507 e. The van der Waals surface area contributed by atoms with E-state index in [0.717, 1.165) is 26.1 Å². The van der Waals surface area contributed by atoms with Gasteiger partial charge in [-0.2, -0.15) is 0 Å². The molecule has 0 fully saturated rings. The maximum atomic E-state index is 6.01. The summed E-state index contributed by atoms with van der Waals surface area (Å²) in [4.78, 5) is 2.75. The lowest BCUT2D eigenvalue weighted by molar-refractivity contribution is 0.139. The normalized spacial score (nSPS) is 11.1. The molecular weight excluding hydrogens is 574 g/mol. The van der Waals surface area contributed by atoms with Gasteiger partial charge in [-0.15, -0.1) is 23.5 Å². The van der Waals surface area contributed by atoms with E-state index in [1.54, 1.807) is 0 Å². The Morgan fingerprint density at radius 2 is 1.16 bits per heavy atom. The highest BCUT2D eigenvalue weighted by molar-refractivity contribution is 14.1. The highest BCUT2D eigenvalue weighted by Gasteiger charge is 2.10. The van der Waals surface area contributed by atoms with Crippen LogP contribution < -0.4 is 0 Å². The summed E-state index contributed by atoms with van der Waals surface area (Å²) < 4.78 is 8.68. The molecule has 0 aliphatic heterocycles. The Hall–Kier alpha value is 0.560. The summed E-state index contributed by atoms with van der Waals surface area (Å²) in [5, 5.41) is 0. The van der Waals surface area contributed by atoms with Crippen molar-refractivity contribution < 1.29 is 4.74 Å². The van der Waals surface area contributed by atoms with Crippen molar-refractivity contribution in [3.05, 3.63) is 53.7 Å². The average Bonchev–Trinajstić information content (AvgIpc) is 2.61. The molecule has 2 aromatic carbocycles. The lowest BCUT2D eigenvalue weighted by Gasteiger charge is -2.15.